The van der Waals surface area contributed by atoms with Crippen molar-refractivity contribution in [1.29, 1.82) is 0 Å². The summed E-state index contributed by atoms with van der Waals surface area (Å²) in [5.41, 5.74) is 0.521. The molecule has 6 nitrogen and oxygen atoms in total. The molecule has 0 spiro atoms. The van der Waals surface area contributed by atoms with E-state index >= 15 is 0 Å². The molecule has 0 atom stereocenters. The predicted molar refractivity (Wildman–Crippen MR) is 78.3 cm³/mol. The lowest BCUT2D eigenvalue weighted by atomic mass is 10.2. The Kier molecular flexibility index (Phi) is 4.20. The summed E-state index contributed by atoms with van der Waals surface area (Å²) >= 11 is 1.23. The van der Waals surface area contributed by atoms with E-state index in [1.807, 2.05) is 6.92 Å². The van der Waals surface area contributed by atoms with E-state index in [-0.39, 0.29) is 24.6 Å². The molecule has 0 radical (unpaired) electrons. The molecule has 2 heterocycles. The SMILES string of the molecule is CCN(CCO)C(=O)c1sc2ncn(C)c(=O)c2c1C. The van der Waals surface area contributed by atoms with Gasteiger partial charge in [-0.15, -0.1) is 11.3 Å². The number of rotatable bonds is 4. The lowest BCUT2D eigenvalue weighted by Crippen LogP contribution is -2.33. The van der Waals surface area contributed by atoms with Gasteiger partial charge in [0, 0.05) is 20.1 Å². The topological polar surface area (TPSA) is 75.4 Å². The van der Waals surface area contributed by atoms with Crippen molar-refractivity contribution in [1.82, 2.24) is 14.5 Å². The second-order valence-corrected chi connectivity index (χ2v) is 5.50. The second kappa shape index (κ2) is 5.72. The quantitative estimate of drug-likeness (QED) is 0.903. The molecule has 0 unspecified atom stereocenters. The first-order valence-corrected chi connectivity index (χ1v) is 7.17. The minimum absolute atomic E-state index is 0.0798. The van der Waals surface area contributed by atoms with Crippen LogP contribution in [0.15, 0.2) is 11.1 Å². The van der Waals surface area contributed by atoms with Crippen LogP contribution in [0.3, 0.4) is 0 Å². The maximum Gasteiger partial charge on any atom is 0.264 e. The number of aromatic nitrogens is 2. The number of hydrogen-bond acceptors (Lipinski definition) is 5. The average molecular weight is 295 g/mol. The van der Waals surface area contributed by atoms with Crippen LogP contribution in [0, 0.1) is 6.92 Å². The Hall–Kier alpha value is -1.73. The summed E-state index contributed by atoms with van der Waals surface area (Å²) in [6, 6.07) is 0. The molecule has 0 bridgehead atoms. The minimum Gasteiger partial charge on any atom is -0.395 e. The van der Waals surface area contributed by atoms with E-state index in [0.717, 1.165) is 0 Å². The molecule has 0 fully saturated rings. The van der Waals surface area contributed by atoms with Gasteiger partial charge >= 0.3 is 0 Å². The van der Waals surface area contributed by atoms with E-state index in [0.29, 0.717) is 27.2 Å². The van der Waals surface area contributed by atoms with Gasteiger partial charge in [-0.25, -0.2) is 4.98 Å². The zero-order valence-corrected chi connectivity index (χ0v) is 12.5. The van der Waals surface area contributed by atoms with Gasteiger partial charge in [-0.2, -0.15) is 0 Å². The van der Waals surface area contributed by atoms with Crippen molar-refractivity contribution in [3.8, 4) is 0 Å². The second-order valence-electron chi connectivity index (χ2n) is 4.51. The summed E-state index contributed by atoms with van der Waals surface area (Å²) in [5, 5.41) is 9.50. The van der Waals surface area contributed by atoms with Gasteiger partial charge in [-0.3, -0.25) is 9.59 Å². The van der Waals surface area contributed by atoms with Crippen molar-refractivity contribution in [2.45, 2.75) is 13.8 Å². The Bertz CT molecular complexity index is 705. The number of thiophene rings is 1. The highest BCUT2D eigenvalue weighted by atomic mass is 32.1. The zero-order chi connectivity index (χ0) is 14.9. The maximum absolute atomic E-state index is 12.4. The Morgan fingerprint density at radius 2 is 2.25 bits per heavy atom. The van der Waals surface area contributed by atoms with Crippen LogP contribution >= 0.6 is 11.3 Å². The van der Waals surface area contributed by atoms with Gasteiger partial charge in [0.1, 0.15) is 4.83 Å². The summed E-state index contributed by atoms with van der Waals surface area (Å²) < 4.78 is 1.40. The number of carbonyl (C=O) groups is 1. The van der Waals surface area contributed by atoms with Crippen molar-refractivity contribution in [3.05, 3.63) is 27.1 Å². The third-order valence-electron chi connectivity index (χ3n) is 3.24. The lowest BCUT2D eigenvalue weighted by Gasteiger charge is -2.19. The van der Waals surface area contributed by atoms with Crippen LogP contribution in [0.4, 0.5) is 0 Å². The number of aliphatic hydroxyl groups is 1. The third-order valence-corrected chi connectivity index (χ3v) is 4.43. The standard InChI is InChI=1S/C13H17N3O3S/c1-4-16(5-6-17)13(19)10-8(2)9-11(20-10)14-7-15(3)12(9)18/h7,17H,4-6H2,1-3H3. The summed E-state index contributed by atoms with van der Waals surface area (Å²) in [6.45, 7) is 4.34. The van der Waals surface area contributed by atoms with Crippen LogP contribution in [0.2, 0.25) is 0 Å². The van der Waals surface area contributed by atoms with Gasteiger partial charge in [0.25, 0.3) is 11.5 Å². The summed E-state index contributed by atoms with van der Waals surface area (Å²) in [4.78, 5) is 31.4. The first kappa shape index (κ1) is 14.7. The molecule has 0 saturated carbocycles. The molecular formula is C13H17N3O3S. The number of likely N-dealkylation sites (N-methyl/N-ethyl adjacent to an activating group) is 1. The normalized spacial score (nSPS) is 11.0. The molecule has 0 aliphatic heterocycles. The van der Waals surface area contributed by atoms with Crippen molar-refractivity contribution in [2.24, 2.45) is 7.05 Å². The van der Waals surface area contributed by atoms with Gasteiger partial charge in [0.15, 0.2) is 0 Å². The van der Waals surface area contributed by atoms with Crippen molar-refractivity contribution in [3.63, 3.8) is 0 Å². The number of carbonyl (C=O) groups excluding carboxylic acids is 1. The van der Waals surface area contributed by atoms with Crippen molar-refractivity contribution in [2.75, 3.05) is 19.7 Å². The fraction of sp³-hybridized carbons (Fsp3) is 0.462. The summed E-state index contributed by atoms with van der Waals surface area (Å²) in [7, 11) is 1.64. The Morgan fingerprint density at radius 3 is 2.85 bits per heavy atom. The van der Waals surface area contributed by atoms with E-state index in [9.17, 15) is 9.59 Å². The molecule has 108 valence electrons. The maximum atomic E-state index is 12.4. The van der Waals surface area contributed by atoms with Gasteiger partial charge in [0.2, 0.25) is 0 Å². The van der Waals surface area contributed by atoms with Gasteiger partial charge in [-0.1, -0.05) is 0 Å². The molecular weight excluding hydrogens is 278 g/mol. The lowest BCUT2D eigenvalue weighted by molar-refractivity contribution is 0.0736. The molecule has 1 amide bonds. The first-order chi connectivity index (χ1) is 9.51. The molecule has 0 aromatic carbocycles. The van der Waals surface area contributed by atoms with Crippen LogP contribution in [0.1, 0.15) is 22.2 Å². The Labute approximate surface area is 120 Å². The summed E-state index contributed by atoms with van der Waals surface area (Å²) in [6.07, 6.45) is 1.46. The number of fused-ring (bicyclic) bond motifs is 1. The Morgan fingerprint density at radius 1 is 1.55 bits per heavy atom. The monoisotopic (exact) mass is 295 g/mol. The molecule has 2 rings (SSSR count). The fourth-order valence-corrected chi connectivity index (χ4v) is 3.19. The van der Waals surface area contributed by atoms with Crippen LogP contribution < -0.4 is 5.56 Å². The molecule has 1 N–H and O–H groups in total. The van der Waals surface area contributed by atoms with Crippen molar-refractivity contribution >= 4 is 27.5 Å². The van der Waals surface area contributed by atoms with E-state index < -0.39 is 0 Å². The fourth-order valence-electron chi connectivity index (χ4n) is 2.08. The van der Waals surface area contributed by atoms with Crippen LogP contribution in [0.5, 0.6) is 0 Å². The van der Waals surface area contributed by atoms with E-state index in [1.165, 1.54) is 22.2 Å². The molecule has 0 aliphatic carbocycles. The molecule has 0 saturated heterocycles. The van der Waals surface area contributed by atoms with Gasteiger partial charge in [-0.05, 0) is 19.4 Å². The number of nitrogens with zero attached hydrogens (tertiary/aromatic N) is 3. The third kappa shape index (κ3) is 2.34. The number of aryl methyl sites for hydroxylation is 2. The zero-order valence-electron chi connectivity index (χ0n) is 11.7. The first-order valence-electron chi connectivity index (χ1n) is 6.36. The van der Waals surface area contributed by atoms with Crippen LogP contribution in [0.25, 0.3) is 10.2 Å². The highest BCUT2D eigenvalue weighted by Gasteiger charge is 2.22. The van der Waals surface area contributed by atoms with Crippen LogP contribution in [-0.4, -0.2) is 45.2 Å². The largest absolute Gasteiger partial charge is 0.395 e. The van der Waals surface area contributed by atoms with Crippen molar-refractivity contribution < 1.29 is 9.90 Å². The highest BCUT2D eigenvalue weighted by molar-refractivity contribution is 7.20. The summed E-state index contributed by atoms with van der Waals surface area (Å²) in [5.74, 6) is -0.163. The minimum atomic E-state index is -0.163. The average Bonchev–Trinajstić information content (AvgIpc) is 2.77. The molecule has 2 aromatic heterocycles. The molecule has 0 aliphatic rings. The van der Waals surface area contributed by atoms with E-state index in [2.05, 4.69) is 4.98 Å². The predicted octanol–water partition coefficient (Wildman–Crippen LogP) is 0.758. The Balaban J connectivity index is 2.56. The van der Waals surface area contributed by atoms with Gasteiger partial charge in [0.05, 0.1) is 23.2 Å². The highest BCUT2D eigenvalue weighted by Crippen LogP contribution is 2.27. The molecule has 20 heavy (non-hydrogen) atoms. The number of aliphatic hydroxyl groups excluding tert-OH is 1. The smallest absolute Gasteiger partial charge is 0.264 e. The molecule has 7 heteroatoms. The van der Waals surface area contributed by atoms with E-state index in [4.69, 9.17) is 5.11 Å². The molecule has 2 aromatic rings. The number of amides is 1. The number of hydrogen-bond donors (Lipinski definition) is 1. The van der Waals surface area contributed by atoms with E-state index in [1.54, 1.807) is 18.9 Å². The van der Waals surface area contributed by atoms with Gasteiger partial charge < -0.3 is 14.6 Å². The van der Waals surface area contributed by atoms with Crippen LogP contribution in [-0.2, 0) is 7.05 Å².